The molecule has 134 valence electrons. The number of amides is 2. The zero-order valence-electron chi connectivity index (χ0n) is 15.0. The van der Waals surface area contributed by atoms with Crippen LogP contribution >= 0.6 is 0 Å². The molecule has 0 aliphatic carbocycles. The number of rotatable bonds is 7. The smallest absolute Gasteiger partial charge is 0.319 e. The summed E-state index contributed by atoms with van der Waals surface area (Å²) >= 11 is 0. The Kier molecular flexibility index (Phi) is 6.51. The molecule has 0 bridgehead atoms. The molecule has 6 heteroatoms. The van der Waals surface area contributed by atoms with Crippen LogP contribution in [0, 0.1) is 0 Å². The fraction of sp³-hybridized carbons (Fsp3) is 0.316. The first-order valence-corrected chi connectivity index (χ1v) is 8.10. The Hall–Kier alpha value is -2.89. The van der Waals surface area contributed by atoms with Gasteiger partial charge in [0, 0.05) is 5.56 Å². The first kappa shape index (κ1) is 18.4. The Balaban J connectivity index is 2.10. The summed E-state index contributed by atoms with van der Waals surface area (Å²) in [6, 6.07) is 12.2. The summed E-state index contributed by atoms with van der Waals surface area (Å²) in [6.45, 7) is 4.30. The van der Waals surface area contributed by atoms with Gasteiger partial charge in [-0.05, 0) is 44.2 Å². The summed E-state index contributed by atoms with van der Waals surface area (Å²) in [5.41, 5.74) is 1.45. The molecule has 0 aliphatic heterocycles. The van der Waals surface area contributed by atoms with E-state index in [1.807, 2.05) is 50.2 Å². The second-order valence-electron chi connectivity index (χ2n) is 5.36. The van der Waals surface area contributed by atoms with Crippen molar-refractivity contribution in [1.29, 1.82) is 0 Å². The van der Waals surface area contributed by atoms with Crippen molar-refractivity contribution in [2.75, 3.05) is 26.1 Å². The van der Waals surface area contributed by atoms with Crippen LogP contribution in [-0.2, 0) is 0 Å². The minimum Gasteiger partial charge on any atom is -0.497 e. The molecule has 1 unspecified atom stereocenters. The standard InChI is InChI=1S/C19H24N2O4/c1-5-25-18-9-7-6-8-16(18)21-19(22)20-13(2)15-12-14(23-3)10-11-17(15)24-4/h6-13H,5H2,1-4H3,(H2,20,21,22). The minimum absolute atomic E-state index is 0.274. The number of para-hydroxylation sites is 2. The average Bonchev–Trinajstić information content (AvgIpc) is 2.62. The molecule has 25 heavy (non-hydrogen) atoms. The topological polar surface area (TPSA) is 68.8 Å². The molecule has 0 spiro atoms. The lowest BCUT2D eigenvalue weighted by Crippen LogP contribution is -2.31. The van der Waals surface area contributed by atoms with Crippen LogP contribution in [0.3, 0.4) is 0 Å². The van der Waals surface area contributed by atoms with Crippen molar-refractivity contribution < 1.29 is 19.0 Å². The van der Waals surface area contributed by atoms with Crippen LogP contribution in [0.1, 0.15) is 25.5 Å². The maximum atomic E-state index is 12.4. The number of hydrogen-bond acceptors (Lipinski definition) is 4. The van der Waals surface area contributed by atoms with Gasteiger partial charge in [0.2, 0.25) is 0 Å². The molecular weight excluding hydrogens is 320 g/mol. The van der Waals surface area contributed by atoms with Gasteiger partial charge in [0.25, 0.3) is 0 Å². The molecule has 0 saturated carbocycles. The maximum absolute atomic E-state index is 12.4. The molecule has 0 aliphatic rings. The van der Waals surface area contributed by atoms with Crippen molar-refractivity contribution in [2.45, 2.75) is 19.9 Å². The Morgan fingerprint density at radius 3 is 2.52 bits per heavy atom. The number of nitrogens with one attached hydrogen (secondary N) is 2. The van der Waals surface area contributed by atoms with Gasteiger partial charge in [-0.15, -0.1) is 0 Å². The number of methoxy groups -OCH3 is 2. The highest BCUT2D eigenvalue weighted by Gasteiger charge is 2.16. The number of ether oxygens (including phenoxy) is 3. The van der Waals surface area contributed by atoms with Gasteiger partial charge in [-0.2, -0.15) is 0 Å². The molecule has 2 amide bonds. The van der Waals surface area contributed by atoms with Crippen molar-refractivity contribution in [3.05, 3.63) is 48.0 Å². The van der Waals surface area contributed by atoms with E-state index in [0.29, 0.717) is 29.5 Å². The van der Waals surface area contributed by atoms with Gasteiger partial charge in [-0.25, -0.2) is 4.79 Å². The van der Waals surface area contributed by atoms with Crippen molar-refractivity contribution in [1.82, 2.24) is 5.32 Å². The summed E-state index contributed by atoms with van der Waals surface area (Å²) < 4.78 is 16.1. The summed E-state index contributed by atoms with van der Waals surface area (Å²) in [5.74, 6) is 2.02. The SMILES string of the molecule is CCOc1ccccc1NC(=O)NC(C)c1cc(OC)ccc1OC. The average molecular weight is 344 g/mol. The zero-order chi connectivity index (χ0) is 18.2. The third-order valence-corrected chi connectivity index (χ3v) is 3.69. The highest BCUT2D eigenvalue weighted by molar-refractivity contribution is 5.91. The van der Waals surface area contributed by atoms with E-state index in [9.17, 15) is 4.79 Å². The van der Waals surface area contributed by atoms with Gasteiger partial charge in [0.15, 0.2) is 0 Å². The molecular formula is C19H24N2O4. The van der Waals surface area contributed by atoms with Crippen LogP contribution in [-0.4, -0.2) is 26.9 Å². The molecule has 1 atom stereocenters. The predicted octanol–water partition coefficient (Wildman–Crippen LogP) is 3.99. The van der Waals surface area contributed by atoms with E-state index in [-0.39, 0.29) is 12.1 Å². The fourth-order valence-corrected chi connectivity index (χ4v) is 2.46. The van der Waals surface area contributed by atoms with Crippen molar-refractivity contribution in [3.8, 4) is 17.2 Å². The van der Waals surface area contributed by atoms with Crippen LogP contribution in [0.15, 0.2) is 42.5 Å². The number of anilines is 1. The number of carbonyl (C=O) groups is 1. The van der Waals surface area contributed by atoms with E-state index in [1.54, 1.807) is 20.3 Å². The third kappa shape index (κ3) is 4.79. The largest absolute Gasteiger partial charge is 0.497 e. The third-order valence-electron chi connectivity index (χ3n) is 3.69. The Bertz CT molecular complexity index is 718. The molecule has 6 nitrogen and oxygen atoms in total. The minimum atomic E-state index is -0.329. The molecule has 0 heterocycles. The summed E-state index contributed by atoms with van der Waals surface area (Å²) in [6.07, 6.45) is 0. The van der Waals surface area contributed by atoms with Crippen LogP contribution in [0.5, 0.6) is 17.2 Å². The maximum Gasteiger partial charge on any atom is 0.319 e. The second-order valence-corrected chi connectivity index (χ2v) is 5.36. The van der Waals surface area contributed by atoms with Crippen molar-refractivity contribution in [3.63, 3.8) is 0 Å². The number of carbonyl (C=O) groups excluding carboxylic acids is 1. The van der Waals surface area contributed by atoms with E-state index in [4.69, 9.17) is 14.2 Å². The first-order valence-electron chi connectivity index (χ1n) is 8.10. The number of benzene rings is 2. The van der Waals surface area contributed by atoms with Gasteiger partial charge in [0.1, 0.15) is 17.2 Å². The monoisotopic (exact) mass is 344 g/mol. The Labute approximate surface area is 148 Å². The lowest BCUT2D eigenvalue weighted by molar-refractivity contribution is 0.249. The summed E-state index contributed by atoms with van der Waals surface area (Å²) in [7, 11) is 3.19. The van der Waals surface area contributed by atoms with E-state index >= 15 is 0 Å². The molecule has 0 radical (unpaired) electrons. The van der Waals surface area contributed by atoms with Gasteiger partial charge in [-0.1, -0.05) is 12.1 Å². The number of urea groups is 1. The van der Waals surface area contributed by atoms with E-state index in [1.165, 1.54) is 0 Å². The molecule has 2 N–H and O–H groups in total. The van der Waals surface area contributed by atoms with Crippen LogP contribution in [0.2, 0.25) is 0 Å². The van der Waals surface area contributed by atoms with Crippen LogP contribution in [0.25, 0.3) is 0 Å². The number of hydrogen-bond donors (Lipinski definition) is 2. The predicted molar refractivity (Wildman–Crippen MR) is 97.7 cm³/mol. The van der Waals surface area contributed by atoms with E-state index in [2.05, 4.69) is 10.6 Å². The zero-order valence-corrected chi connectivity index (χ0v) is 15.0. The highest BCUT2D eigenvalue weighted by atomic mass is 16.5. The molecule has 0 fully saturated rings. The normalized spacial score (nSPS) is 11.4. The van der Waals surface area contributed by atoms with Gasteiger partial charge in [-0.3, -0.25) is 0 Å². The molecule has 0 saturated heterocycles. The quantitative estimate of drug-likeness (QED) is 0.797. The molecule has 2 aromatic carbocycles. The van der Waals surface area contributed by atoms with Crippen LogP contribution < -0.4 is 24.8 Å². The van der Waals surface area contributed by atoms with Gasteiger partial charge < -0.3 is 24.8 Å². The summed E-state index contributed by atoms with van der Waals surface area (Å²) in [5, 5.41) is 5.71. The van der Waals surface area contributed by atoms with Gasteiger partial charge in [0.05, 0.1) is 32.6 Å². The molecule has 0 aromatic heterocycles. The van der Waals surface area contributed by atoms with E-state index < -0.39 is 0 Å². The fourth-order valence-electron chi connectivity index (χ4n) is 2.46. The first-order chi connectivity index (χ1) is 12.1. The van der Waals surface area contributed by atoms with Crippen molar-refractivity contribution >= 4 is 11.7 Å². The lowest BCUT2D eigenvalue weighted by atomic mass is 10.1. The molecule has 2 rings (SSSR count). The van der Waals surface area contributed by atoms with Gasteiger partial charge >= 0.3 is 6.03 Å². The van der Waals surface area contributed by atoms with Crippen molar-refractivity contribution in [2.24, 2.45) is 0 Å². The lowest BCUT2D eigenvalue weighted by Gasteiger charge is -2.19. The highest BCUT2D eigenvalue weighted by Crippen LogP contribution is 2.29. The summed E-state index contributed by atoms with van der Waals surface area (Å²) in [4.78, 5) is 12.4. The second kappa shape index (κ2) is 8.82. The van der Waals surface area contributed by atoms with E-state index in [0.717, 1.165) is 5.56 Å². The Morgan fingerprint density at radius 2 is 1.84 bits per heavy atom. The van der Waals surface area contributed by atoms with Crippen LogP contribution in [0.4, 0.5) is 10.5 Å². The Morgan fingerprint density at radius 1 is 1.08 bits per heavy atom. The molecule has 2 aromatic rings.